The average Bonchev–Trinajstić information content (AvgIpc) is 2.40. The summed E-state index contributed by atoms with van der Waals surface area (Å²) < 4.78 is 22.8. The average molecular weight is 298 g/mol. The van der Waals surface area contributed by atoms with Gasteiger partial charge in [-0.2, -0.15) is 0 Å². The molecule has 110 valence electrons. The summed E-state index contributed by atoms with van der Waals surface area (Å²) in [6.45, 7) is 2.34. The fourth-order valence-electron chi connectivity index (χ4n) is 2.32. The zero-order valence-corrected chi connectivity index (χ0v) is 12.1. The van der Waals surface area contributed by atoms with Gasteiger partial charge in [-0.1, -0.05) is 6.07 Å². The molecule has 0 aliphatic carbocycles. The first-order valence-electron chi connectivity index (χ1n) is 6.39. The highest BCUT2D eigenvalue weighted by Gasteiger charge is 2.30. The van der Waals surface area contributed by atoms with E-state index in [9.17, 15) is 18.3 Å². The predicted molar refractivity (Wildman–Crippen MR) is 74.9 cm³/mol. The Bertz CT molecular complexity index is 627. The Balaban J connectivity index is 2.18. The minimum Gasteiger partial charge on any atom is -0.508 e. The van der Waals surface area contributed by atoms with E-state index in [1.54, 1.807) is 19.1 Å². The molecule has 20 heavy (non-hydrogen) atoms. The molecule has 1 atom stereocenters. The molecule has 1 saturated heterocycles. The SMILES string of the molecule is Cc1ccc(C(=O)N2CCCC(S(N)(=O)=O)C2)cc1O. The number of hydrogen-bond acceptors (Lipinski definition) is 4. The number of likely N-dealkylation sites (tertiary alicyclic amines) is 1. The summed E-state index contributed by atoms with van der Waals surface area (Å²) >= 11 is 0. The number of sulfonamides is 1. The van der Waals surface area contributed by atoms with Gasteiger partial charge in [0.2, 0.25) is 10.0 Å². The Labute approximate surface area is 118 Å². The summed E-state index contributed by atoms with van der Waals surface area (Å²) in [7, 11) is -3.63. The zero-order valence-electron chi connectivity index (χ0n) is 11.2. The molecule has 1 fully saturated rings. The van der Waals surface area contributed by atoms with Gasteiger partial charge in [0, 0.05) is 18.7 Å². The molecule has 3 N–H and O–H groups in total. The molecule has 1 heterocycles. The number of benzene rings is 1. The van der Waals surface area contributed by atoms with Crippen LogP contribution in [0.1, 0.15) is 28.8 Å². The van der Waals surface area contributed by atoms with E-state index in [1.807, 2.05) is 0 Å². The first kappa shape index (κ1) is 14.8. The van der Waals surface area contributed by atoms with Gasteiger partial charge in [-0.15, -0.1) is 0 Å². The molecule has 0 aromatic heterocycles. The van der Waals surface area contributed by atoms with E-state index in [1.165, 1.54) is 11.0 Å². The first-order chi connectivity index (χ1) is 9.29. The molecule has 7 heteroatoms. The van der Waals surface area contributed by atoms with E-state index in [0.717, 1.165) is 0 Å². The van der Waals surface area contributed by atoms with Crippen molar-refractivity contribution in [1.82, 2.24) is 4.90 Å². The van der Waals surface area contributed by atoms with Gasteiger partial charge in [-0.05, 0) is 37.5 Å². The highest BCUT2D eigenvalue weighted by molar-refractivity contribution is 7.89. The van der Waals surface area contributed by atoms with Crippen molar-refractivity contribution in [3.8, 4) is 5.75 Å². The van der Waals surface area contributed by atoms with Crippen molar-refractivity contribution < 1.29 is 18.3 Å². The number of piperidine rings is 1. The quantitative estimate of drug-likeness (QED) is 0.834. The van der Waals surface area contributed by atoms with E-state index < -0.39 is 15.3 Å². The fourth-order valence-corrected chi connectivity index (χ4v) is 3.20. The van der Waals surface area contributed by atoms with Crippen LogP contribution in [0.15, 0.2) is 18.2 Å². The summed E-state index contributed by atoms with van der Waals surface area (Å²) in [4.78, 5) is 13.8. The van der Waals surface area contributed by atoms with Crippen molar-refractivity contribution in [2.24, 2.45) is 5.14 Å². The van der Waals surface area contributed by atoms with Crippen LogP contribution in [-0.4, -0.2) is 42.7 Å². The summed E-state index contributed by atoms with van der Waals surface area (Å²) in [5.41, 5.74) is 1.03. The zero-order chi connectivity index (χ0) is 14.9. The maximum Gasteiger partial charge on any atom is 0.254 e. The Hall–Kier alpha value is -1.60. The predicted octanol–water partition coefficient (Wildman–Crippen LogP) is 0.594. The number of aromatic hydroxyl groups is 1. The van der Waals surface area contributed by atoms with Gasteiger partial charge < -0.3 is 10.0 Å². The number of phenolic OH excluding ortho intramolecular Hbond substituents is 1. The van der Waals surface area contributed by atoms with Crippen molar-refractivity contribution in [2.75, 3.05) is 13.1 Å². The number of rotatable bonds is 2. The van der Waals surface area contributed by atoms with E-state index in [-0.39, 0.29) is 18.2 Å². The fraction of sp³-hybridized carbons (Fsp3) is 0.462. The second kappa shape index (κ2) is 5.41. The Morgan fingerprint density at radius 3 is 2.75 bits per heavy atom. The van der Waals surface area contributed by atoms with Crippen LogP contribution >= 0.6 is 0 Å². The van der Waals surface area contributed by atoms with Crippen LogP contribution in [0, 0.1) is 6.92 Å². The maximum absolute atomic E-state index is 12.3. The second-order valence-electron chi connectivity index (χ2n) is 5.11. The molecular formula is C13H18N2O4S. The number of carbonyl (C=O) groups excluding carboxylic acids is 1. The van der Waals surface area contributed by atoms with Crippen molar-refractivity contribution in [3.05, 3.63) is 29.3 Å². The van der Waals surface area contributed by atoms with Crippen LogP contribution in [-0.2, 0) is 10.0 Å². The summed E-state index contributed by atoms with van der Waals surface area (Å²) in [6, 6.07) is 4.68. The van der Waals surface area contributed by atoms with Crippen molar-refractivity contribution in [3.63, 3.8) is 0 Å². The monoisotopic (exact) mass is 298 g/mol. The van der Waals surface area contributed by atoms with E-state index >= 15 is 0 Å². The molecule has 1 aromatic carbocycles. The number of primary sulfonamides is 1. The van der Waals surface area contributed by atoms with E-state index in [0.29, 0.717) is 30.5 Å². The lowest BCUT2D eigenvalue weighted by atomic mass is 10.1. The third kappa shape index (κ3) is 3.10. The molecule has 1 aliphatic rings. The largest absolute Gasteiger partial charge is 0.508 e. The van der Waals surface area contributed by atoms with Gasteiger partial charge in [0.15, 0.2) is 0 Å². The molecule has 6 nitrogen and oxygen atoms in total. The number of nitrogens with two attached hydrogens (primary N) is 1. The highest BCUT2D eigenvalue weighted by Crippen LogP contribution is 2.21. The minimum absolute atomic E-state index is 0.0517. The minimum atomic E-state index is -3.63. The lowest BCUT2D eigenvalue weighted by Gasteiger charge is -2.31. The van der Waals surface area contributed by atoms with Gasteiger partial charge in [-0.25, -0.2) is 13.6 Å². The first-order valence-corrected chi connectivity index (χ1v) is 8.00. The number of hydrogen-bond donors (Lipinski definition) is 2. The van der Waals surface area contributed by atoms with Crippen LogP contribution in [0.5, 0.6) is 5.75 Å². The Morgan fingerprint density at radius 2 is 2.15 bits per heavy atom. The number of phenols is 1. The van der Waals surface area contributed by atoms with Crippen molar-refractivity contribution in [2.45, 2.75) is 25.0 Å². The van der Waals surface area contributed by atoms with Crippen LogP contribution in [0.3, 0.4) is 0 Å². The summed E-state index contributed by atoms with van der Waals surface area (Å²) in [6.07, 6.45) is 1.08. The Kier molecular flexibility index (Phi) is 4.01. The molecule has 1 amide bonds. The molecule has 2 rings (SSSR count). The topological polar surface area (TPSA) is 101 Å². The summed E-state index contributed by atoms with van der Waals surface area (Å²) in [5.74, 6) is -0.232. The Morgan fingerprint density at radius 1 is 1.45 bits per heavy atom. The number of nitrogens with zero attached hydrogens (tertiary/aromatic N) is 1. The molecule has 0 bridgehead atoms. The van der Waals surface area contributed by atoms with Gasteiger partial charge in [0.1, 0.15) is 5.75 Å². The number of aryl methyl sites for hydroxylation is 1. The molecule has 0 saturated carbocycles. The lowest BCUT2D eigenvalue weighted by Crippen LogP contribution is -2.47. The maximum atomic E-state index is 12.3. The molecule has 0 radical (unpaired) electrons. The third-order valence-corrected chi connectivity index (χ3v) is 4.90. The van der Waals surface area contributed by atoms with Crippen LogP contribution in [0.4, 0.5) is 0 Å². The van der Waals surface area contributed by atoms with E-state index in [2.05, 4.69) is 0 Å². The normalized spacial score (nSPS) is 19.9. The van der Waals surface area contributed by atoms with Crippen molar-refractivity contribution in [1.29, 1.82) is 0 Å². The number of amides is 1. The molecular weight excluding hydrogens is 280 g/mol. The van der Waals surface area contributed by atoms with Gasteiger partial charge in [-0.3, -0.25) is 4.79 Å². The highest BCUT2D eigenvalue weighted by atomic mass is 32.2. The lowest BCUT2D eigenvalue weighted by molar-refractivity contribution is 0.0726. The van der Waals surface area contributed by atoms with Crippen LogP contribution in [0.2, 0.25) is 0 Å². The van der Waals surface area contributed by atoms with Gasteiger partial charge >= 0.3 is 0 Å². The second-order valence-corrected chi connectivity index (χ2v) is 6.95. The van der Waals surface area contributed by atoms with Crippen LogP contribution in [0.25, 0.3) is 0 Å². The number of carbonyl (C=O) groups is 1. The molecule has 1 aromatic rings. The van der Waals surface area contributed by atoms with Crippen molar-refractivity contribution >= 4 is 15.9 Å². The van der Waals surface area contributed by atoms with Gasteiger partial charge in [0.25, 0.3) is 5.91 Å². The summed E-state index contributed by atoms with van der Waals surface area (Å²) in [5, 5.41) is 14.1. The molecule has 1 unspecified atom stereocenters. The van der Waals surface area contributed by atoms with Crippen LogP contribution < -0.4 is 5.14 Å². The molecule has 1 aliphatic heterocycles. The smallest absolute Gasteiger partial charge is 0.254 e. The standard InChI is InChI=1S/C13H18N2O4S/c1-9-4-5-10(7-12(9)16)13(17)15-6-2-3-11(8-15)20(14,18)19/h4-5,7,11,16H,2-3,6,8H2,1H3,(H2,14,18,19). The van der Waals surface area contributed by atoms with E-state index in [4.69, 9.17) is 5.14 Å². The molecule has 0 spiro atoms. The van der Waals surface area contributed by atoms with Gasteiger partial charge in [0.05, 0.1) is 5.25 Å². The third-order valence-electron chi connectivity index (χ3n) is 3.59.